The van der Waals surface area contributed by atoms with E-state index in [0.29, 0.717) is 17.8 Å². The molecule has 0 spiro atoms. The van der Waals surface area contributed by atoms with E-state index in [1.807, 2.05) is 67.6 Å². The molecule has 0 saturated carbocycles. The normalized spacial score (nSPS) is 20.6. The minimum atomic E-state index is -4.35. The number of benzene rings is 3. The summed E-state index contributed by atoms with van der Waals surface area (Å²) >= 11 is 0. The highest BCUT2D eigenvalue weighted by Gasteiger charge is 2.60. The first kappa shape index (κ1) is 38.0. The third kappa shape index (κ3) is 6.54. The molecule has 1 aromatic heterocycles. The third-order valence-electron chi connectivity index (χ3n) is 11.7. The van der Waals surface area contributed by atoms with Crippen LogP contribution in [0.15, 0.2) is 94.6 Å². The summed E-state index contributed by atoms with van der Waals surface area (Å²) in [5, 5.41) is 11.1. The molecule has 1 fully saturated rings. The Morgan fingerprint density at radius 1 is 0.788 bits per heavy atom. The fourth-order valence-corrected chi connectivity index (χ4v) is 16.5. The predicted octanol–water partition coefficient (Wildman–Crippen LogP) is 6.71. The highest BCUT2D eigenvalue weighted by atomic mass is 32.2. The summed E-state index contributed by atoms with van der Waals surface area (Å²) in [5.74, 6) is -2.66. The van der Waals surface area contributed by atoms with Crippen LogP contribution in [0.4, 0.5) is 0 Å². The van der Waals surface area contributed by atoms with E-state index in [4.69, 9.17) is 4.43 Å². The first-order chi connectivity index (χ1) is 24.7. The maximum Gasteiger partial charge on any atom is 0.329 e. The van der Waals surface area contributed by atoms with E-state index in [1.165, 1.54) is 0 Å². The van der Waals surface area contributed by atoms with E-state index in [9.17, 15) is 18.3 Å². The van der Waals surface area contributed by atoms with Gasteiger partial charge in [0.25, 0.3) is 10.0 Å². The number of aliphatic hydroxyl groups excluding tert-OH is 1. The molecule has 1 N–H and O–H groups in total. The summed E-state index contributed by atoms with van der Waals surface area (Å²) in [6, 6.07) is 25.0. The fourth-order valence-electron chi connectivity index (χ4n) is 9.40. The molecule has 0 unspecified atom stereocenters. The lowest BCUT2D eigenvalue weighted by Crippen LogP contribution is -2.52. The number of nitrogens with zero attached hydrogens (tertiary/aromatic N) is 3. The molecule has 6 rings (SSSR count). The third-order valence-corrected chi connectivity index (χ3v) is 19.6. The second-order valence-corrected chi connectivity index (χ2v) is 22.9. The Labute approximate surface area is 309 Å². The van der Waals surface area contributed by atoms with Crippen LogP contribution in [0.25, 0.3) is 0 Å². The van der Waals surface area contributed by atoms with Crippen LogP contribution < -0.4 is 5.69 Å². The van der Waals surface area contributed by atoms with E-state index < -0.39 is 48.0 Å². The van der Waals surface area contributed by atoms with Gasteiger partial charge in [0.2, 0.25) is 5.91 Å². The Morgan fingerprint density at radius 3 is 1.81 bits per heavy atom. The molecule has 0 bridgehead atoms. The Balaban J connectivity index is 1.56. The van der Waals surface area contributed by atoms with Gasteiger partial charge in [-0.05, 0) is 59.1 Å². The minimum absolute atomic E-state index is 0.0260. The van der Waals surface area contributed by atoms with Gasteiger partial charge in [-0.3, -0.25) is 13.9 Å². The molecule has 3 aromatic carbocycles. The van der Waals surface area contributed by atoms with Gasteiger partial charge in [0.1, 0.15) is 0 Å². The number of aliphatic hydroxyl groups is 1. The number of imidazole rings is 1. The zero-order chi connectivity index (χ0) is 37.5. The lowest BCUT2D eigenvalue weighted by atomic mass is 9.71. The van der Waals surface area contributed by atoms with Crippen LogP contribution in [0, 0.1) is 18.8 Å². The van der Waals surface area contributed by atoms with Gasteiger partial charge in [-0.2, -0.15) is 0 Å². The number of aromatic nitrogens is 2. The lowest BCUT2D eigenvalue weighted by Gasteiger charge is -2.44. The Bertz CT molecular complexity index is 2020. The molecule has 278 valence electrons. The van der Waals surface area contributed by atoms with Crippen LogP contribution in [0.2, 0.25) is 16.6 Å². The van der Waals surface area contributed by atoms with Crippen LogP contribution >= 0.6 is 0 Å². The fraction of sp³-hybridized carbons (Fsp3) is 0.463. The van der Waals surface area contributed by atoms with Crippen molar-refractivity contribution >= 4 is 24.2 Å². The summed E-state index contributed by atoms with van der Waals surface area (Å²) < 4.78 is 41.1. The highest BCUT2D eigenvalue weighted by molar-refractivity contribution is 7.89. The van der Waals surface area contributed by atoms with Crippen molar-refractivity contribution < 1.29 is 22.7 Å². The molecule has 11 heteroatoms. The molecule has 1 aliphatic heterocycles. The number of rotatable bonds is 13. The Kier molecular flexibility index (Phi) is 10.9. The van der Waals surface area contributed by atoms with Gasteiger partial charge in [0.15, 0.2) is 8.32 Å². The number of sulfonamides is 1. The summed E-state index contributed by atoms with van der Waals surface area (Å²) in [7, 11) is -6.87. The van der Waals surface area contributed by atoms with Crippen LogP contribution in [-0.4, -0.2) is 60.4 Å². The Hall–Kier alpha value is -3.77. The van der Waals surface area contributed by atoms with Crippen LogP contribution in [0.3, 0.4) is 0 Å². The number of amides is 1. The van der Waals surface area contributed by atoms with Gasteiger partial charge < -0.3 is 9.53 Å². The van der Waals surface area contributed by atoms with Crippen LogP contribution in [0.1, 0.15) is 75.5 Å². The van der Waals surface area contributed by atoms with Crippen molar-refractivity contribution in [3.05, 3.63) is 123 Å². The largest absolute Gasteiger partial charge is 0.414 e. The highest BCUT2D eigenvalue weighted by Crippen LogP contribution is 2.51. The smallest absolute Gasteiger partial charge is 0.329 e. The molecule has 4 aromatic rings. The lowest BCUT2D eigenvalue weighted by molar-refractivity contribution is -0.126. The zero-order valence-corrected chi connectivity index (χ0v) is 33.2. The molecule has 2 aliphatic rings. The summed E-state index contributed by atoms with van der Waals surface area (Å²) in [4.78, 5) is 29.7. The van der Waals surface area contributed by atoms with E-state index in [-0.39, 0.29) is 53.5 Å². The zero-order valence-electron chi connectivity index (χ0n) is 31.4. The van der Waals surface area contributed by atoms with Crippen molar-refractivity contribution in [3.63, 3.8) is 0 Å². The van der Waals surface area contributed by atoms with Crippen molar-refractivity contribution in [1.82, 2.24) is 13.4 Å². The number of fused-ring (bicyclic) bond motifs is 3. The molecule has 1 saturated heterocycles. The van der Waals surface area contributed by atoms with Crippen molar-refractivity contribution in [2.45, 2.75) is 101 Å². The standard InChI is InChI=1S/C41H53N3O6SSi/c1-27(2)52(28(3)4,29(5)6)50-26-36-37-33(25-45)22-35-39(38(37)40(46)44(36)51(48,49)34-20-18-30(7)19-21-34)43(24-32-16-12-9-13-17-32)41(47)42(35)23-31-14-10-8-11-15-31/h8-21,27-29,33,36-38,45H,22-26H2,1-7H3/t33-,36-,37-,38+/m1/s1. The first-order valence-corrected chi connectivity index (χ1v) is 22.1. The van der Waals surface area contributed by atoms with E-state index in [0.717, 1.165) is 21.0 Å². The summed E-state index contributed by atoms with van der Waals surface area (Å²) in [6.07, 6.45) is 0.320. The number of hydrogen-bond acceptors (Lipinski definition) is 6. The van der Waals surface area contributed by atoms with E-state index >= 15 is 4.79 Å². The minimum Gasteiger partial charge on any atom is -0.414 e. The molecule has 52 heavy (non-hydrogen) atoms. The van der Waals surface area contributed by atoms with Gasteiger partial charge in [0.05, 0.1) is 42.2 Å². The number of carbonyl (C=O) groups excluding carboxylic acids is 1. The van der Waals surface area contributed by atoms with Gasteiger partial charge in [-0.1, -0.05) is 120 Å². The molecular weight excluding hydrogens is 691 g/mol. The average Bonchev–Trinajstić information content (AvgIpc) is 3.55. The second-order valence-electron chi connectivity index (χ2n) is 15.6. The number of aryl methyl sites for hydroxylation is 1. The SMILES string of the molecule is Cc1ccc(S(=O)(=O)N2C(=O)[C@@H]3c4c(n(Cc5ccccc5)c(=O)n4Cc4ccccc4)C[C@H](CO)[C@@H]3[C@H]2CO[Si](C(C)C)(C(C)C)C(C)C)cc1. The van der Waals surface area contributed by atoms with Crippen LogP contribution in [-0.2, 0) is 38.8 Å². The van der Waals surface area contributed by atoms with Crippen molar-refractivity contribution in [1.29, 1.82) is 0 Å². The van der Waals surface area contributed by atoms with Crippen molar-refractivity contribution in [3.8, 4) is 0 Å². The van der Waals surface area contributed by atoms with Crippen LogP contribution in [0.5, 0.6) is 0 Å². The molecule has 4 atom stereocenters. The maximum absolute atomic E-state index is 15.2. The topological polar surface area (TPSA) is 111 Å². The molecule has 0 radical (unpaired) electrons. The predicted molar refractivity (Wildman–Crippen MR) is 206 cm³/mol. The number of carbonyl (C=O) groups is 1. The van der Waals surface area contributed by atoms with Crippen molar-refractivity contribution in [2.75, 3.05) is 13.2 Å². The van der Waals surface area contributed by atoms with E-state index in [2.05, 4.69) is 41.5 Å². The molecule has 1 aliphatic carbocycles. The van der Waals surface area contributed by atoms with Gasteiger partial charge in [-0.25, -0.2) is 17.5 Å². The van der Waals surface area contributed by atoms with Crippen molar-refractivity contribution in [2.24, 2.45) is 11.8 Å². The average molecular weight is 744 g/mol. The maximum atomic E-state index is 15.2. The first-order valence-electron chi connectivity index (χ1n) is 18.5. The number of hydrogen-bond donors (Lipinski definition) is 1. The van der Waals surface area contributed by atoms with Gasteiger partial charge in [-0.15, -0.1) is 0 Å². The Morgan fingerprint density at radius 2 is 1.31 bits per heavy atom. The summed E-state index contributed by atoms with van der Waals surface area (Å²) in [5.41, 5.74) is 4.36. The quantitative estimate of drug-likeness (QED) is 0.153. The summed E-state index contributed by atoms with van der Waals surface area (Å²) in [6.45, 7) is 15.2. The monoisotopic (exact) mass is 743 g/mol. The van der Waals surface area contributed by atoms with Gasteiger partial charge in [0, 0.05) is 18.2 Å². The van der Waals surface area contributed by atoms with Gasteiger partial charge >= 0.3 is 5.69 Å². The molecule has 2 heterocycles. The molecule has 9 nitrogen and oxygen atoms in total. The molecular formula is C41H53N3O6SSi. The second kappa shape index (κ2) is 14.9. The van der Waals surface area contributed by atoms with E-state index in [1.54, 1.807) is 33.4 Å². The molecule has 1 amide bonds.